The van der Waals surface area contributed by atoms with E-state index in [4.69, 9.17) is 23.2 Å². The van der Waals surface area contributed by atoms with Crippen LogP contribution in [0.2, 0.25) is 0 Å². The third-order valence-electron chi connectivity index (χ3n) is 1.22. The van der Waals surface area contributed by atoms with Crippen LogP contribution >= 0.6 is 23.2 Å². The monoisotopic (exact) mass is 212 g/mol. The predicted octanol–water partition coefficient (Wildman–Crippen LogP) is -0.00550. The minimum absolute atomic E-state index is 0.0364. The minimum atomic E-state index is -1.11. The number of halogens is 2. The van der Waals surface area contributed by atoms with Crippen molar-refractivity contribution in [1.82, 2.24) is 10.2 Å². The summed E-state index contributed by atoms with van der Waals surface area (Å²) >= 11 is 10.6. The molecule has 0 saturated carbocycles. The second-order valence-corrected chi connectivity index (χ2v) is 3.26. The molecule has 0 aliphatic rings. The molecule has 4 nitrogen and oxygen atoms in total. The van der Waals surface area contributed by atoms with E-state index in [1.807, 2.05) is 0 Å². The van der Waals surface area contributed by atoms with E-state index in [1.165, 1.54) is 14.1 Å². The van der Waals surface area contributed by atoms with Crippen LogP contribution in [0, 0.1) is 0 Å². The van der Waals surface area contributed by atoms with Crippen molar-refractivity contribution in [2.24, 2.45) is 0 Å². The fraction of sp³-hybridized carbons (Fsp3) is 0.667. The fourth-order valence-electron chi connectivity index (χ4n) is 0.539. The van der Waals surface area contributed by atoms with Crippen LogP contribution < -0.4 is 5.32 Å². The highest BCUT2D eigenvalue weighted by atomic mass is 35.5. The zero-order chi connectivity index (χ0) is 9.72. The van der Waals surface area contributed by atoms with Crippen molar-refractivity contribution in [1.29, 1.82) is 0 Å². The van der Waals surface area contributed by atoms with Crippen LogP contribution in [0.5, 0.6) is 0 Å². The Morgan fingerprint density at radius 3 is 2.33 bits per heavy atom. The fourth-order valence-corrected chi connectivity index (χ4v) is 0.872. The molecule has 6 heteroatoms. The maximum Gasteiger partial charge on any atom is 0.256 e. The van der Waals surface area contributed by atoms with Gasteiger partial charge in [-0.25, -0.2) is 0 Å². The van der Waals surface area contributed by atoms with Crippen molar-refractivity contribution in [2.75, 3.05) is 20.6 Å². The quantitative estimate of drug-likeness (QED) is 0.670. The molecule has 70 valence electrons. The van der Waals surface area contributed by atoms with Crippen LogP contribution in [0.3, 0.4) is 0 Å². The molecule has 0 bridgehead atoms. The van der Waals surface area contributed by atoms with Crippen LogP contribution in [0.25, 0.3) is 0 Å². The van der Waals surface area contributed by atoms with Crippen molar-refractivity contribution in [3.05, 3.63) is 0 Å². The van der Waals surface area contributed by atoms with Gasteiger partial charge in [0.05, 0.1) is 6.54 Å². The molecular weight excluding hydrogens is 203 g/mol. The Kier molecular flexibility index (Phi) is 5.01. The van der Waals surface area contributed by atoms with Gasteiger partial charge in [-0.15, -0.1) is 0 Å². The zero-order valence-electron chi connectivity index (χ0n) is 6.80. The Labute approximate surface area is 80.8 Å². The molecule has 0 saturated heterocycles. The molecule has 12 heavy (non-hydrogen) atoms. The third kappa shape index (κ3) is 3.78. The number of hydrogen-bond acceptors (Lipinski definition) is 2. The van der Waals surface area contributed by atoms with Gasteiger partial charge in [0.1, 0.15) is 0 Å². The highest BCUT2D eigenvalue weighted by Gasteiger charge is 2.18. The summed E-state index contributed by atoms with van der Waals surface area (Å²) in [6, 6.07) is 0. The Morgan fingerprint density at radius 1 is 1.50 bits per heavy atom. The van der Waals surface area contributed by atoms with Crippen molar-refractivity contribution in [3.8, 4) is 0 Å². The van der Waals surface area contributed by atoms with E-state index in [2.05, 4.69) is 5.32 Å². The molecule has 0 aliphatic heterocycles. The summed E-state index contributed by atoms with van der Waals surface area (Å²) in [7, 11) is 2.94. The van der Waals surface area contributed by atoms with Gasteiger partial charge in [0.2, 0.25) is 5.91 Å². The first-order valence-electron chi connectivity index (χ1n) is 3.22. The summed E-state index contributed by atoms with van der Waals surface area (Å²) in [4.78, 5) is 21.8. The summed E-state index contributed by atoms with van der Waals surface area (Å²) in [6.45, 7) is -0.0364. The first kappa shape index (κ1) is 11.5. The molecule has 0 radical (unpaired) electrons. The summed E-state index contributed by atoms with van der Waals surface area (Å²) in [5, 5.41) is 2.37. The van der Waals surface area contributed by atoms with Gasteiger partial charge in [0, 0.05) is 14.1 Å². The highest BCUT2D eigenvalue weighted by molar-refractivity contribution is 6.53. The second kappa shape index (κ2) is 5.22. The van der Waals surface area contributed by atoms with Crippen LogP contribution in [0.15, 0.2) is 0 Å². The number of nitrogens with one attached hydrogen (secondary N) is 1. The molecule has 0 rings (SSSR count). The maximum absolute atomic E-state index is 11.0. The number of nitrogens with zero attached hydrogens (tertiary/aromatic N) is 1. The van der Waals surface area contributed by atoms with Gasteiger partial charge in [-0.1, -0.05) is 23.2 Å². The number of alkyl halides is 2. The van der Waals surface area contributed by atoms with E-state index in [0.717, 1.165) is 4.90 Å². The smallest absolute Gasteiger partial charge is 0.256 e. The van der Waals surface area contributed by atoms with Crippen molar-refractivity contribution >= 4 is 35.0 Å². The van der Waals surface area contributed by atoms with Gasteiger partial charge in [0.25, 0.3) is 5.91 Å². The largest absolute Gasteiger partial charge is 0.358 e. The minimum Gasteiger partial charge on any atom is -0.358 e. The van der Waals surface area contributed by atoms with Crippen LogP contribution in [-0.2, 0) is 9.59 Å². The first-order chi connectivity index (χ1) is 5.49. The average Bonchev–Trinajstić information content (AvgIpc) is 2.02. The summed E-state index contributed by atoms with van der Waals surface area (Å²) in [5.74, 6) is -0.748. The van der Waals surface area contributed by atoms with E-state index in [1.54, 1.807) is 0 Å². The lowest BCUT2D eigenvalue weighted by molar-refractivity contribution is -0.133. The number of amides is 2. The molecule has 0 spiro atoms. The van der Waals surface area contributed by atoms with Gasteiger partial charge < -0.3 is 10.2 Å². The Balaban J connectivity index is 3.95. The third-order valence-corrected chi connectivity index (χ3v) is 1.60. The van der Waals surface area contributed by atoms with E-state index < -0.39 is 10.7 Å². The zero-order valence-corrected chi connectivity index (χ0v) is 8.32. The molecule has 1 N–H and O–H groups in total. The van der Waals surface area contributed by atoms with E-state index in [9.17, 15) is 9.59 Å². The highest BCUT2D eigenvalue weighted by Crippen LogP contribution is 2.04. The number of hydrogen-bond donors (Lipinski definition) is 1. The molecule has 0 aromatic heterocycles. The lowest BCUT2D eigenvalue weighted by atomic mass is 10.5. The van der Waals surface area contributed by atoms with Crippen molar-refractivity contribution in [2.45, 2.75) is 4.84 Å². The summed E-state index contributed by atoms with van der Waals surface area (Å²) in [6.07, 6.45) is 0. The number of likely N-dealkylation sites (N-methyl/N-ethyl adjacent to an activating group) is 2. The van der Waals surface area contributed by atoms with Gasteiger partial charge in [-0.3, -0.25) is 9.59 Å². The Bertz CT molecular complexity index is 184. The van der Waals surface area contributed by atoms with Gasteiger partial charge >= 0.3 is 0 Å². The molecule has 0 aliphatic carbocycles. The Morgan fingerprint density at radius 2 is 2.00 bits per heavy atom. The molecule has 0 aromatic carbocycles. The standard InChI is InChI=1S/C6H10Cl2N2O2/c1-9-4(11)3-10(2)6(12)5(7)8/h5H,3H2,1-2H3,(H,9,11). The SMILES string of the molecule is CNC(=O)CN(C)C(=O)C(Cl)Cl. The molecule has 0 fully saturated rings. The van der Waals surface area contributed by atoms with Gasteiger partial charge in [0.15, 0.2) is 4.84 Å². The van der Waals surface area contributed by atoms with E-state index >= 15 is 0 Å². The molecule has 0 atom stereocenters. The van der Waals surface area contributed by atoms with E-state index in [-0.39, 0.29) is 12.5 Å². The second-order valence-electron chi connectivity index (χ2n) is 2.17. The van der Waals surface area contributed by atoms with Crippen molar-refractivity contribution < 1.29 is 9.59 Å². The van der Waals surface area contributed by atoms with Gasteiger partial charge in [-0.05, 0) is 0 Å². The normalized spacial score (nSPS) is 9.75. The lowest BCUT2D eigenvalue weighted by Gasteiger charge is -2.15. The van der Waals surface area contributed by atoms with Crippen molar-refractivity contribution in [3.63, 3.8) is 0 Å². The molecular formula is C6H10Cl2N2O2. The summed E-state index contributed by atoms with van der Waals surface area (Å²) in [5.41, 5.74) is 0. The van der Waals surface area contributed by atoms with Crippen LogP contribution in [0.4, 0.5) is 0 Å². The molecule has 0 aromatic rings. The number of carbonyl (C=O) groups excluding carboxylic acids is 2. The predicted molar refractivity (Wildman–Crippen MR) is 47.2 cm³/mol. The van der Waals surface area contributed by atoms with E-state index in [0.29, 0.717) is 0 Å². The van der Waals surface area contributed by atoms with Gasteiger partial charge in [-0.2, -0.15) is 0 Å². The average molecular weight is 213 g/mol. The van der Waals surface area contributed by atoms with Crippen LogP contribution in [-0.4, -0.2) is 42.2 Å². The number of carbonyl (C=O) groups is 2. The molecule has 2 amide bonds. The van der Waals surface area contributed by atoms with Crippen LogP contribution in [0.1, 0.15) is 0 Å². The maximum atomic E-state index is 11.0. The summed E-state index contributed by atoms with van der Waals surface area (Å²) < 4.78 is 0. The first-order valence-corrected chi connectivity index (χ1v) is 4.10. The molecule has 0 heterocycles. The topological polar surface area (TPSA) is 49.4 Å². The Hall–Kier alpha value is -0.480. The molecule has 0 unspecified atom stereocenters. The lowest BCUT2D eigenvalue weighted by Crippen LogP contribution is -2.39. The number of rotatable bonds is 3.